The number of benzene rings is 8. The fourth-order valence-corrected chi connectivity index (χ4v) is 15.6. The first-order chi connectivity index (χ1) is 30.2. The second kappa shape index (κ2) is 13.0. The molecule has 5 aliphatic carbocycles. The van der Waals surface area contributed by atoms with Crippen LogP contribution in [0.4, 0.5) is 17.1 Å². The van der Waals surface area contributed by atoms with Crippen LogP contribution < -0.4 is 4.90 Å². The van der Waals surface area contributed by atoms with Crippen LogP contribution in [0, 0.1) is 23.7 Å². The zero-order valence-electron chi connectivity index (χ0n) is 33.9. The van der Waals surface area contributed by atoms with Crippen LogP contribution in [0.3, 0.4) is 0 Å². The lowest BCUT2D eigenvalue weighted by Crippen LogP contribution is -2.55. The summed E-state index contributed by atoms with van der Waals surface area (Å²) in [5, 5.41) is 5.29. The molecule has 0 N–H and O–H groups in total. The van der Waals surface area contributed by atoms with Gasteiger partial charge in [-0.3, -0.25) is 0 Å². The summed E-state index contributed by atoms with van der Waals surface area (Å²) in [6.07, 6.45) is 7.10. The molecule has 0 atom stereocenters. The Morgan fingerprint density at radius 3 is 1.75 bits per heavy atom. The molecular weight excluding hydrogens is 775 g/mol. The molecule has 5 aliphatic rings. The van der Waals surface area contributed by atoms with E-state index in [1.54, 1.807) is 11.1 Å². The Balaban J connectivity index is 0.918. The minimum Gasteiger partial charge on any atom is -0.310 e. The largest absolute Gasteiger partial charge is 0.310 e. The highest BCUT2D eigenvalue weighted by Gasteiger charge is 2.61. The lowest BCUT2D eigenvalue weighted by atomic mass is 9.43. The molecule has 0 aliphatic heterocycles. The highest BCUT2D eigenvalue weighted by Crippen LogP contribution is 2.69. The van der Waals surface area contributed by atoms with E-state index in [9.17, 15) is 0 Å². The maximum absolute atomic E-state index is 2.63. The topological polar surface area (TPSA) is 3.24 Å². The van der Waals surface area contributed by atoms with Gasteiger partial charge in [-0.05, 0) is 161 Å². The average Bonchev–Trinajstić information content (AvgIpc) is 3.97. The number of rotatable bonds is 5. The standard InChI is InChI=1S/C58H43NS2/c1-4-16-49-45(12-1)46-27-24-38(34-50(46)58(49)40-29-35-28-36(31-40)32-41(58)30-35)37-22-25-42(26-23-37)59(51-17-9-21-55-57(51)48-14-3-6-19-53(48)61-55)43-11-7-10-39(33-43)44-15-8-20-54-56(44)47-13-2-5-18-52(47)60-54/h1-27,33-36,40-41H,28-32H2. The van der Waals surface area contributed by atoms with Crippen LogP contribution >= 0.6 is 22.7 Å². The molecule has 10 aromatic rings. The maximum Gasteiger partial charge on any atom is 0.0554 e. The molecule has 0 amide bonds. The van der Waals surface area contributed by atoms with Gasteiger partial charge in [0.05, 0.1) is 5.69 Å². The Hall–Kier alpha value is -6.00. The molecule has 3 heteroatoms. The Kier molecular flexibility index (Phi) is 7.39. The first-order valence-electron chi connectivity index (χ1n) is 22.2. The normalized spacial score (nSPS) is 22.2. The van der Waals surface area contributed by atoms with Crippen LogP contribution in [0.1, 0.15) is 43.2 Å². The Bertz CT molecular complexity index is 3370. The van der Waals surface area contributed by atoms with E-state index >= 15 is 0 Å². The van der Waals surface area contributed by atoms with E-state index in [1.165, 1.54) is 112 Å². The number of fused-ring (bicyclic) bond motifs is 9. The Morgan fingerprint density at radius 1 is 0.393 bits per heavy atom. The molecule has 1 spiro atoms. The van der Waals surface area contributed by atoms with E-state index < -0.39 is 0 Å². The molecule has 0 radical (unpaired) electrons. The van der Waals surface area contributed by atoms with Gasteiger partial charge in [-0.2, -0.15) is 0 Å². The van der Waals surface area contributed by atoms with Gasteiger partial charge in [0.25, 0.3) is 0 Å². The van der Waals surface area contributed by atoms with Crippen molar-refractivity contribution < 1.29 is 0 Å². The first kappa shape index (κ1) is 34.7. The SMILES string of the molecule is c1cc(-c2cccc3sc4ccccc4c23)cc(N(c2ccc(-c3ccc4c(c3)C3(c5ccccc5-4)C4CC5CC(C4)CC3C5)cc2)c2cccc3sc4ccccc4c23)c1. The van der Waals surface area contributed by atoms with Crippen molar-refractivity contribution >= 4 is 80.1 Å². The van der Waals surface area contributed by atoms with Crippen LogP contribution in [0.25, 0.3) is 73.7 Å². The molecule has 292 valence electrons. The molecule has 4 saturated carbocycles. The van der Waals surface area contributed by atoms with Crippen molar-refractivity contribution in [1.82, 2.24) is 0 Å². The zero-order valence-corrected chi connectivity index (χ0v) is 35.5. The summed E-state index contributed by atoms with van der Waals surface area (Å²) < 4.78 is 5.29. The third-order valence-corrected chi connectivity index (χ3v) is 17.7. The molecule has 2 heterocycles. The lowest BCUT2D eigenvalue weighted by molar-refractivity contribution is -0.0399. The number of hydrogen-bond acceptors (Lipinski definition) is 3. The lowest BCUT2D eigenvalue weighted by Gasteiger charge is -2.61. The second-order valence-electron chi connectivity index (χ2n) is 18.4. The third-order valence-electron chi connectivity index (χ3n) is 15.5. The van der Waals surface area contributed by atoms with Crippen molar-refractivity contribution in [3.8, 4) is 33.4 Å². The van der Waals surface area contributed by atoms with Crippen LogP contribution in [0.15, 0.2) is 176 Å². The molecule has 2 aromatic heterocycles. The molecule has 15 rings (SSSR count). The molecule has 4 bridgehead atoms. The smallest absolute Gasteiger partial charge is 0.0554 e. The quantitative estimate of drug-likeness (QED) is 0.167. The average molecular weight is 818 g/mol. The van der Waals surface area contributed by atoms with Gasteiger partial charge in [0.1, 0.15) is 0 Å². The maximum atomic E-state index is 2.63. The first-order valence-corrected chi connectivity index (χ1v) is 23.9. The molecule has 0 saturated heterocycles. The van der Waals surface area contributed by atoms with E-state index in [1.807, 2.05) is 22.7 Å². The van der Waals surface area contributed by atoms with Gasteiger partial charge in [0, 0.05) is 57.1 Å². The fraction of sp³-hybridized carbons (Fsp3) is 0.172. The molecule has 0 unspecified atom stereocenters. The van der Waals surface area contributed by atoms with Gasteiger partial charge in [-0.25, -0.2) is 0 Å². The van der Waals surface area contributed by atoms with Crippen LogP contribution in [-0.4, -0.2) is 0 Å². The van der Waals surface area contributed by atoms with Crippen molar-refractivity contribution in [2.75, 3.05) is 4.90 Å². The minimum absolute atomic E-state index is 0.165. The number of anilines is 3. The number of thiophene rings is 2. The summed E-state index contributed by atoms with van der Waals surface area (Å²) in [6, 6.07) is 67.0. The molecule has 4 fully saturated rings. The summed E-state index contributed by atoms with van der Waals surface area (Å²) in [5.41, 5.74) is 15.0. The molecule has 1 nitrogen and oxygen atoms in total. The minimum atomic E-state index is 0.165. The summed E-state index contributed by atoms with van der Waals surface area (Å²) in [5.74, 6) is 3.39. The van der Waals surface area contributed by atoms with E-state index in [0.717, 1.165) is 35.0 Å². The highest BCUT2D eigenvalue weighted by atomic mass is 32.1. The summed E-state index contributed by atoms with van der Waals surface area (Å²) in [6.45, 7) is 0. The van der Waals surface area contributed by atoms with Crippen molar-refractivity contribution in [1.29, 1.82) is 0 Å². The van der Waals surface area contributed by atoms with Gasteiger partial charge >= 0.3 is 0 Å². The van der Waals surface area contributed by atoms with E-state index in [-0.39, 0.29) is 5.41 Å². The van der Waals surface area contributed by atoms with Gasteiger partial charge in [-0.1, -0.05) is 115 Å². The van der Waals surface area contributed by atoms with Gasteiger partial charge in [-0.15, -0.1) is 22.7 Å². The Morgan fingerprint density at radius 2 is 0.984 bits per heavy atom. The monoisotopic (exact) mass is 817 g/mol. The Labute approximate surface area is 364 Å². The van der Waals surface area contributed by atoms with E-state index in [0.29, 0.717) is 0 Å². The van der Waals surface area contributed by atoms with E-state index in [4.69, 9.17) is 0 Å². The van der Waals surface area contributed by atoms with Crippen molar-refractivity contribution in [3.63, 3.8) is 0 Å². The molecule has 61 heavy (non-hydrogen) atoms. The summed E-state index contributed by atoms with van der Waals surface area (Å²) >= 11 is 3.77. The zero-order chi connectivity index (χ0) is 39.8. The van der Waals surface area contributed by atoms with Gasteiger partial charge < -0.3 is 4.90 Å². The second-order valence-corrected chi connectivity index (χ2v) is 20.6. The number of hydrogen-bond donors (Lipinski definition) is 0. The summed E-state index contributed by atoms with van der Waals surface area (Å²) in [4.78, 5) is 2.50. The van der Waals surface area contributed by atoms with Crippen LogP contribution in [-0.2, 0) is 5.41 Å². The fourth-order valence-electron chi connectivity index (χ4n) is 13.3. The van der Waals surface area contributed by atoms with Crippen molar-refractivity contribution in [3.05, 3.63) is 187 Å². The van der Waals surface area contributed by atoms with E-state index in [2.05, 4.69) is 181 Å². The van der Waals surface area contributed by atoms with Crippen molar-refractivity contribution in [2.45, 2.75) is 37.5 Å². The third kappa shape index (κ3) is 4.94. The molecular formula is C58H43NS2. The molecule has 8 aromatic carbocycles. The summed E-state index contributed by atoms with van der Waals surface area (Å²) in [7, 11) is 0. The van der Waals surface area contributed by atoms with Gasteiger partial charge in [0.2, 0.25) is 0 Å². The highest BCUT2D eigenvalue weighted by molar-refractivity contribution is 7.26. The predicted molar refractivity (Wildman–Crippen MR) is 261 cm³/mol. The van der Waals surface area contributed by atoms with Crippen LogP contribution in [0.5, 0.6) is 0 Å². The van der Waals surface area contributed by atoms with Crippen molar-refractivity contribution in [2.24, 2.45) is 23.7 Å². The number of nitrogens with zero attached hydrogens (tertiary/aromatic N) is 1. The van der Waals surface area contributed by atoms with Crippen LogP contribution in [0.2, 0.25) is 0 Å². The predicted octanol–water partition coefficient (Wildman–Crippen LogP) is 16.9. The van der Waals surface area contributed by atoms with Gasteiger partial charge in [0.15, 0.2) is 0 Å².